The van der Waals surface area contributed by atoms with Crippen LogP contribution < -0.4 is 10.2 Å². The lowest BCUT2D eigenvalue weighted by atomic mass is 10.1. The minimum Gasteiger partial charge on any atom is -0.372 e. The summed E-state index contributed by atoms with van der Waals surface area (Å²) in [6.45, 7) is 7.57. The predicted octanol–water partition coefficient (Wildman–Crippen LogP) is 4.56. The predicted molar refractivity (Wildman–Crippen MR) is 117 cm³/mol. The minimum atomic E-state index is -4.52. The van der Waals surface area contributed by atoms with Gasteiger partial charge in [0.2, 0.25) is 0 Å². The van der Waals surface area contributed by atoms with Crippen LogP contribution in [0.4, 0.5) is 19.0 Å². The average Bonchev–Trinajstić information content (AvgIpc) is 3.07. The molecule has 1 aliphatic rings. The van der Waals surface area contributed by atoms with Crippen molar-refractivity contribution in [3.05, 3.63) is 52.2 Å². The molecule has 0 spiro atoms. The number of nitrogens with one attached hydrogen (secondary N) is 1. The molecule has 0 aliphatic carbocycles. The van der Waals surface area contributed by atoms with E-state index in [-0.39, 0.29) is 29.5 Å². The Morgan fingerprint density at radius 2 is 1.94 bits per heavy atom. The standard InChI is InChI=1S/C22H23F3N4O2S/c1-12-10-29(11-13(2)31-12)18-7-4-15(8-26-18)9-27-20(30)19-14(3)16-5-6-17(22(23,24)25)28-21(16)32-19/h4-8,12-13H,9-11H2,1-3H3,(H,27,30). The van der Waals surface area contributed by atoms with Gasteiger partial charge in [-0.3, -0.25) is 4.79 Å². The maximum absolute atomic E-state index is 12.9. The van der Waals surface area contributed by atoms with Gasteiger partial charge in [-0.1, -0.05) is 6.07 Å². The van der Waals surface area contributed by atoms with Gasteiger partial charge >= 0.3 is 6.18 Å². The van der Waals surface area contributed by atoms with Crippen LogP contribution >= 0.6 is 11.3 Å². The minimum absolute atomic E-state index is 0.130. The number of anilines is 1. The number of hydrogen-bond donors (Lipinski definition) is 1. The van der Waals surface area contributed by atoms with Crippen LogP contribution in [0.2, 0.25) is 0 Å². The van der Waals surface area contributed by atoms with Gasteiger partial charge < -0.3 is 15.0 Å². The van der Waals surface area contributed by atoms with E-state index < -0.39 is 11.9 Å². The van der Waals surface area contributed by atoms with Crippen molar-refractivity contribution < 1.29 is 22.7 Å². The zero-order valence-corrected chi connectivity index (χ0v) is 18.7. The van der Waals surface area contributed by atoms with E-state index in [0.29, 0.717) is 15.8 Å². The van der Waals surface area contributed by atoms with Crippen molar-refractivity contribution >= 4 is 33.3 Å². The molecule has 2 unspecified atom stereocenters. The Morgan fingerprint density at radius 1 is 1.22 bits per heavy atom. The lowest BCUT2D eigenvalue weighted by Gasteiger charge is -2.36. The third-order valence-electron chi connectivity index (χ3n) is 5.31. The second-order valence-electron chi connectivity index (χ2n) is 7.97. The van der Waals surface area contributed by atoms with Gasteiger partial charge in [-0.15, -0.1) is 11.3 Å². The molecule has 0 saturated carbocycles. The summed E-state index contributed by atoms with van der Waals surface area (Å²) in [6.07, 6.45) is -2.54. The number of amides is 1. The van der Waals surface area contributed by atoms with Crippen LogP contribution in [0, 0.1) is 6.92 Å². The molecule has 1 fully saturated rings. The first kappa shape index (κ1) is 22.5. The van der Waals surface area contributed by atoms with Crippen molar-refractivity contribution in [3.63, 3.8) is 0 Å². The van der Waals surface area contributed by atoms with Gasteiger partial charge in [0.25, 0.3) is 5.91 Å². The molecule has 2 atom stereocenters. The highest BCUT2D eigenvalue weighted by atomic mass is 32.1. The molecule has 3 aromatic rings. The molecule has 10 heteroatoms. The van der Waals surface area contributed by atoms with Crippen molar-refractivity contribution in [1.82, 2.24) is 15.3 Å². The van der Waals surface area contributed by atoms with E-state index in [2.05, 4.69) is 20.2 Å². The van der Waals surface area contributed by atoms with Crippen LogP contribution in [-0.2, 0) is 17.5 Å². The zero-order chi connectivity index (χ0) is 23.0. The normalized spacial score (nSPS) is 19.4. The van der Waals surface area contributed by atoms with E-state index >= 15 is 0 Å². The summed E-state index contributed by atoms with van der Waals surface area (Å²) in [5, 5.41) is 3.37. The molecule has 6 nitrogen and oxygen atoms in total. The first-order valence-corrected chi connectivity index (χ1v) is 11.0. The van der Waals surface area contributed by atoms with Gasteiger partial charge in [0.15, 0.2) is 0 Å². The number of pyridine rings is 2. The highest BCUT2D eigenvalue weighted by molar-refractivity contribution is 7.20. The van der Waals surface area contributed by atoms with Gasteiger partial charge in [0.1, 0.15) is 16.3 Å². The number of fused-ring (bicyclic) bond motifs is 1. The number of rotatable bonds is 4. The molecule has 4 rings (SSSR count). The van der Waals surface area contributed by atoms with E-state index in [1.54, 1.807) is 13.1 Å². The van der Waals surface area contributed by atoms with Gasteiger partial charge in [0.05, 0.1) is 17.1 Å². The Balaban J connectivity index is 1.43. The molecule has 1 amide bonds. The van der Waals surface area contributed by atoms with Crippen molar-refractivity contribution in [1.29, 1.82) is 0 Å². The van der Waals surface area contributed by atoms with Gasteiger partial charge in [-0.2, -0.15) is 13.2 Å². The van der Waals surface area contributed by atoms with Crippen LogP contribution in [0.25, 0.3) is 10.2 Å². The van der Waals surface area contributed by atoms with Crippen LogP contribution in [0.15, 0.2) is 30.5 Å². The van der Waals surface area contributed by atoms with Gasteiger partial charge in [0, 0.05) is 31.2 Å². The number of carbonyl (C=O) groups is 1. The number of thiophene rings is 1. The van der Waals surface area contributed by atoms with E-state index in [1.807, 2.05) is 26.0 Å². The fourth-order valence-corrected chi connectivity index (χ4v) is 4.91. The van der Waals surface area contributed by atoms with E-state index in [1.165, 1.54) is 6.07 Å². The highest BCUT2D eigenvalue weighted by Gasteiger charge is 2.33. The van der Waals surface area contributed by atoms with Crippen LogP contribution in [0.5, 0.6) is 0 Å². The molecule has 4 heterocycles. The number of carbonyl (C=O) groups excluding carboxylic acids is 1. The SMILES string of the molecule is Cc1c(C(=O)NCc2ccc(N3CC(C)OC(C)C3)nc2)sc2nc(C(F)(F)F)ccc12. The number of alkyl halides is 3. The van der Waals surface area contributed by atoms with Gasteiger partial charge in [-0.25, -0.2) is 9.97 Å². The highest BCUT2D eigenvalue weighted by Crippen LogP contribution is 2.34. The molecule has 32 heavy (non-hydrogen) atoms. The number of aromatic nitrogens is 2. The fraction of sp³-hybridized carbons (Fsp3) is 0.409. The molecule has 0 bridgehead atoms. The zero-order valence-electron chi connectivity index (χ0n) is 17.9. The number of hydrogen-bond acceptors (Lipinski definition) is 6. The summed E-state index contributed by atoms with van der Waals surface area (Å²) in [5.74, 6) is 0.507. The number of halogens is 3. The van der Waals surface area contributed by atoms with Crippen molar-refractivity contribution in [2.45, 2.75) is 45.7 Å². The van der Waals surface area contributed by atoms with Crippen LogP contribution in [0.3, 0.4) is 0 Å². The number of morpholine rings is 1. The summed E-state index contributed by atoms with van der Waals surface area (Å²) in [5.41, 5.74) is 0.480. The quantitative estimate of drug-likeness (QED) is 0.613. The number of ether oxygens (including phenoxy) is 1. The molecule has 1 N–H and O–H groups in total. The summed E-state index contributed by atoms with van der Waals surface area (Å²) in [7, 11) is 0. The molecule has 1 saturated heterocycles. The lowest BCUT2D eigenvalue weighted by molar-refractivity contribution is -0.140. The first-order valence-electron chi connectivity index (χ1n) is 10.2. The summed E-state index contributed by atoms with van der Waals surface area (Å²) in [6, 6.07) is 6.12. The van der Waals surface area contributed by atoms with E-state index in [9.17, 15) is 18.0 Å². The smallest absolute Gasteiger partial charge is 0.372 e. The van der Waals surface area contributed by atoms with Crippen molar-refractivity contribution in [2.24, 2.45) is 0 Å². The molecular weight excluding hydrogens is 441 g/mol. The Morgan fingerprint density at radius 3 is 2.56 bits per heavy atom. The lowest BCUT2D eigenvalue weighted by Crippen LogP contribution is -2.45. The Bertz CT molecular complexity index is 1120. The maximum atomic E-state index is 12.9. The third kappa shape index (κ3) is 4.71. The maximum Gasteiger partial charge on any atom is 0.433 e. The monoisotopic (exact) mass is 464 g/mol. The molecule has 3 aromatic heterocycles. The second-order valence-corrected chi connectivity index (χ2v) is 8.97. The molecule has 1 aliphatic heterocycles. The molecule has 170 valence electrons. The number of aryl methyl sites for hydroxylation is 1. The van der Waals surface area contributed by atoms with E-state index in [0.717, 1.165) is 41.9 Å². The summed E-state index contributed by atoms with van der Waals surface area (Å²) in [4.78, 5) is 23.6. The Hall–Kier alpha value is -2.72. The van der Waals surface area contributed by atoms with Crippen LogP contribution in [-0.4, -0.2) is 41.2 Å². The number of nitrogens with zero attached hydrogens (tertiary/aromatic N) is 3. The Labute approximate surface area is 187 Å². The fourth-order valence-electron chi connectivity index (χ4n) is 3.81. The third-order valence-corrected chi connectivity index (χ3v) is 6.51. The molecular formula is C22H23F3N4O2S. The second kappa shape index (κ2) is 8.67. The van der Waals surface area contributed by atoms with Crippen LogP contribution in [0.1, 0.15) is 40.3 Å². The summed E-state index contributed by atoms with van der Waals surface area (Å²) >= 11 is 0.962. The van der Waals surface area contributed by atoms with E-state index in [4.69, 9.17) is 4.74 Å². The Kier molecular flexibility index (Phi) is 6.09. The molecule has 0 aromatic carbocycles. The van der Waals surface area contributed by atoms with Gasteiger partial charge in [-0.05, 0) is 50.1 Å². The average molecular weight is 465 g/mol. The van der Waals surface area contributed by atoms with Crippen molar-refractivity contribution in [3.8, 4) is 0 Å². The first-order chi connectivity index (χ1) is 15.1. The molecule has 0 radical (unpaired) electrons. The summed E-state index contributed by atoms with van der Waals surface area (Å²) < 4.78 is 44.5. The van der Waals surface area contributed by atoms with Crippen molar-refractivity contribution in [2.75, 3.05) is 18.0 Å². The largest absolute Gasteiger partial charge is 0.433 e. The topological polar surface area (TPSA) is 67.4 Å².